The summed E-state index contributed by atoms with van der Waals surface area (Å²) >= 11 is 0. The molecule has 0 saturated heterocycles. The fourth-order valence-electron chi connectivity index (χ4n) is 3.36. The highest BCUT2D eigenvalue weighted by Crippen LogP contribution is 2.28. The van der Waals surface area contributed by atoms with E-state index in [0.29, 0.717) is 37.6 Å². The zero-order valence-corrected chi connectivity index (χ0v) is 18.5. The highest BCUT2D eigenvalue weighted by molar-refractivity contribution is 5.67. The summed E-state index contributed by atoms with van der Waals surface area (Å²) in [5, 5.41) is 17.6. The van der Waals surface area contributed by atoms with Crippen LogP contribution in [0.15, 0.2) is 30.6 Å². The molecule has 3 heterocycles. The number of halogens is 3. The predicted molar refractivity (Wildman–Crippen MR) is 113 cm³/mol. The van der Waals surface area contributed by atoms with Crippen LogP contribution in [-0.4, -0.2) is 42.2 Å². The number of carbonyl (C=O) groups is 1. The number of aromatic nitrogens is 5. The van der Waals surface area contributed by atoms with Crippen LogP contribution in [0.5, 0.6) is 5.88 Å². The standard InChI is InChI=1S/C22H26F3N5O3/c1-3-5-18-15(14-30(27-18)19-9-7-16(13-26-19)22(23,24)25)6-4-11-33-20-12-17(29(2)28-20)8-10-21(31)32/h7,9,12-14H,3-6,8,10-11H2,1-2H3,(H,31,32). The predicted octanol–water partition coefficient (Wildman–Crippen LogP) is 4.00. The van der Waals surface area contributed by atoms with E-state index < -0.39 is 17.7 Å². The van der Waals surface area contributed by atoms with Gasteiger partial charge in [-0.15, -0.1) is 5.10 Å². The van der Waals surface area contributed by atoms with Crippen molar-refractivity contribution in [2.24, 2.45) is 7.05 Å². The highest BCUT2D eigenvalue weighted by atomic mass is 19.4. The lowest BCUT2D eigenvalue weighted by atomic mass is 10.1. The fourth-order valence-corrected chi connectivity index (χ4v) is 3.36. The minimum atomic E-state index is -4.43. The van der Waals surface area contributed by atoms with Gasteiger partial charge in [0, 0.05) is 31.2 Å². The number of nitrogens with zero attached hydrogens (tertiary/aromatic N) is 5. The lowest BCUT2D eigenvalue weighted by molar-refractivity contribution is -0.138. The van der Waals surface area contributed by atoms with E-state index in [1.54, 1.807) is 24.0 Å². The van der Waals surface area contributed by atoms with E-state index in [-0.39, 0.29) is 6.42 Å². The molecule has 0 saturated carbocycles. The topological polar surface area (TPSA) is 95.1 Å². The van der Waals surface area contributed by atoms with Crippen LogP contribution >= 0.6 is 0 Å². The molecule has 1 N–H and O–H groups in total. The van der Waals surface area contributed by atoms with E-state index in [1.807, 2.05) is 6.92 Å². The van der Waals surface area contributed by atoms with Crippen molar-refractivity contribution in [2.45, 2.75) is 51.6 Å². The van der Waals surface area contributed by atoms with E-state index in [4.69, 9.17) is 9.84 Å². The van der Waals surface area contributed by atoms with E-state index in [2.05, 4.69) is 15.2 Å². The number of alkyl halides is 3. The van der Waals surface area contributed by atoms with Crippen molar-refractivity contribution >= 4 is 5.97 Å². The van der Waals surface area contributed by atoms with Gasteiger partial charge in [-0.1, -0.05) is 13.3 Å². The lowest BCUT2D eigenvalue weighted by Crippen LogP contribution is -2.07. The summed E-state index contributed by atoms with van der Waals surface area (Å²) in [5.41, 5.74) is 1.85. The van der Waals surface area contributed by atoms with Gasteiger partial charge in [0.25, 0.3) is 0 Å². The van der Waals surface area contributed by atoms with Gasteiger partial charge in [-0.2, -0.15) is 18.3 Å². The zero-order chi connectivity index (χ0) is 24.0. The molecular weight excluding hydrogens is 439 g/mol. The molecule has 0 aromatic carbocycles. The summed E-state index contributed by atoms with van der Waals surface area (Å²) in [5.74, 6) is -0.102. The van der Waals surface area contributed by atoms with Crippen molar-refractivity contribution in [2.75, 3.05) is 6.61 Å². The molecule has 0 radical (unpaired) electrons. The number of ether oxygens (including phenoxy) is 1. The quantitative estimate of drug-likeness (QED) is 0.430. The number of carboxylic acids is 1. The Bertz CT molecular complexity index is 1070. The molecule has 11 heteroatoms. The second-order valence-corrected chi connectivity index (χ2v) is 7.64. The third-order valence-electron chi connectivity index (χ3n) is 5.06. The van der Waals surface area contributed by atoms with Crippen LogP contribution in [0.25, 0.3) is 5.82 Å². The van der Waals surface area contributed by atoms with E-state index in [9.17, 15) is 18.0 Å². The minimum Gasteiger partial charge on any atom is -0.481 e. The van der Waals surface area contributed by atoms with Crippen molar-refractivity contribution in [1.29, 1.82) is 0 Å². The maximum Gasteiger partial charge on any atom is 0.417 e. The molecule has 3 rings (SSSR count). The number of hydrogen-bond acceptors (Lipinski definition) is 5. The summed E-state index contributed by atoms with van der Waals surface area (Å²) in [6.07, 6.45) is 1.56. The van der Waals surface area contributed by atoms with Crippen LogP contribution in [-0.2, 0) is 37.3 Å². The van der Waals surface area contributed by atoms with Crippen LogP contribution in [0.3, 0.4) is 0 Å². The molecule has 3 aromatic heterocycles. The zero-order valence-electron chi connectivity index (χ0n) is 18.5. The van der Waals surface area contributed by atoms with Gasteiger partial charge in [-0.3, -0.25) is 9.48 Å². The molecule has 0 aliphatic heterocycles. The third-order valence-corrected chi connectivity index (χ3v) is 5.06. The number of aryl methyl sites for hydroxylation is 4. The van der Waals surface area contributed by atoms with Gasteiger partial charge in [-0.05, 0) is 43.4 Å². The second kappa shape index (κ2) is 10.5. The van der Waals surface area contributed by atoms with Gasteiger partial charge in [0.15, 0.2) is 5.82 Å². The van der Waals surface area contributed by atoms with Gasteiger partial charge in [0.1, 0.15) is 0 Å². The van der Waals surface area contributed by atoms with Crippen molar-refractivity contribution in [3.8, 4) is 11.7 Å². The Morgan fingerprint density at radius 3 is 2.61 bits per heavy atom. The molecular formula is C22H26F3N5O3. The average Bonchev–Trinajstić information content (AvgIpc) is 3.32. The number of aliphatic carboxylic acids is 1. The first kappa shape index (κ1) is 24.3. The number of hydrogen-bond donors (Lipinski definition) is 1. The van der Waals surface area contributed by atoms with Crippen LogP contribution in [0.4, 0.5) is 13.2 Å². The van der Waals surface area contributed by atoms with Crippen molar-refractivity contribution in [1.82, 2.24) is 24.5 Å². The van der Waals surface area contributed by atoms with Crippen LogP contribution in [0.1, 0.15) is 48.7 Å². The molecule has 0 unspecified atom stereocenters. The van der Waals surface area contributed by atoms with Crippen molar-refractivity contribution in [3.05, 3.63) is 53.1 Å². The molecule has 0 bridgehead atoms. The maximum absolute atomic E-state index is 12.8. The smallest absolute Gasteiger partial charge is 0.417 e. The summed E-state index contributed by atoms with van der Waals surface area (Å²) in [7, 11) is 1.74. The summed E-state index contributed by atoms with van der Waals surface area (Å²) in [4.78, 5) is 14.7. The molecule has 0 fully saturated rings. The summed E-state index contributed by atoms with van der Waals surface area (Å²) in [6, 6.07) is 4.04. The normalized spacial score (nSPS) is 11.7. The number of carboxylic acid groups (broad SMARTS) is 1. The molecule has 8 nitrogen and oxygen atoms in total. The molecule has 33 heavy (non-hydrogen) atoms. The molecule has 0 aliphatic rings. The Morgan fingerprint density at radius 2 is 1.97 bits per heavy atom. The second-order valence-electron chi connectivity index (χ2n) is 7.64. The first-order chi connectivity index (χ1) is 15.7. The monoisotopic (exact) mass is 465 g/mol. The Balaban J connectivity index is 1.60. The lowest BCUT2D eigenvalue weighted by Gasteiger charge is -2.06. The third kappa shape index (κ3) is 6.56. The summed E-state index contributed by atoms with van der Waals surface area (Å²) < 4.78 is 47.2. The number of pyridine rings is 1. The van der Waals surface area contributed by atoms with Gasteiger partial charge < -0.3 is 9.84 Å². The van der Waals surface area contributed by atoms with E-state index in [0.717, 1.165) is 42.1 Å². The minimum absolute atomic E-state index is 0.0248. The van der Waals surface area contributed by atoms with Crippen LogP contribution in [0, 0.1) is 0 Å². The molecule has 0 aliphatic carbocycles. The van der Waals surface area contributed by atoms with E-state index in [1.165, 1.54) is 10.7 Å². The first-order valence-electron chi connectivity index (χ1n) is 10.7. The van der Waals surface area contributed by atoms with Gasteiger partial charge in [0.05, 0.1) is 24.3 Å². The van der Waals surface area contributed by atoms with Crippen LogP contribution in [0.2, 0.25) is 0 Å². The first-order valence-corrected chi connectivity index (χ1v) is 10.7. The maximum atomic E-state index is 12.8. The van der Waals surface area contributed by atoms with Gasteiger partial charge >= 0.3 is 12.1 Å². The van der Waals surface area contributed by atoms with Gasteiger partial charge in [-0.25, -0.2) is 9.67 Å². The molecule has 178 valence electrons. The highest BCUT2D eigenvalue weighted by Gasteiger charge is 2.30. The van der Waals surface area contributed by atoms with Crippen LogP contribution < -0.4 is 4.74 Å². The average molecular weight is 465 g/mol. The Kier molecular flexibility index (Phi) is 7.72. The van der Waals surface area contributed by atoms with Crippen molar-refractivity contribution in [3.63, 3.8) is 0 Å². The Hall–Kier alpha value is -3.37. The molecule has 0 atom stereocenters. The Labute approximate surface area is 189 Å². The largest absolute Gasteiger partial charge is 0.481 e. The Morgan fingerprint density at radius 1 is 1.18 bits per heavy atom. The molecule has 0 amide bonds. The van der Waals surface area contributed by atoms with E-state index >= 15 is 0 Å². The molecule has 0 spiro atoms. The number of rotatable bonds is 11. The van der Waals surface area contributed by atoms with Gasteiger partial charge in [0.2, 0.25) is 5.88 Å². The SMILES string of the molecule is CCCc1nn(-c2ccc(C(F)(F)F)cn2)cc1CCCOc1cc(CCC(=O)O)n(C)n1. The fraction of sp³-hybridized carbons (Fsp3) is 0.455. The summed E-state index contributed by atoms with van der Waals surface area (Å²) in [6.45, 7) is 2.44. The molecule has 3 aromatic rings. The van der Waals surface area contributed by atoms with Crippen molar-refractivity contribution < 1.29 is 27.8 Å².